The lowest BCUT2D eigenvalue weighted by Gasteiger charge is -2.26. The molecule has 1 aliphatic heterocycles. The van der Waals surface area contributed by atoms with E-state index in [0.717, 1.165) is 28.9 Å². The second-order valence-corrected chi connectivity index (χ2v) is 6.08. The SMILES string of the molecule is Cc1ccc(Cl)cc1CN=C(N)NC1CCOc2ccccc21.I. The van der Waals surface area contributed by atoms with Crippen molar-refractivity contribution in [1.82, 2.24) is 5.32 Å². The van der Waals surface area contributed by atoms with E-state index in [1.165, 1.54) is 0 Å². The van der Waals surface area contributed by atoms with Crippen LogP contribution in [0.2, 0.25) is 5.02 Å². The van der Waals surface area contributed by atoms with E-state index >= 15 is 0 Å². The van der Waals surface area contributed by atoms with E-state index in [2.05, 4.69) is 16.4 Å². The Morgan fingerprint density at radius 3 is 2.96 bits per heavy atom. The number of benzene rings is 2. The van der Waals surface area contributed by atoms with Gasteiger partial charge in [0.05, 0.1) is 19.2 Å². The summed E-state index contributed by atoms with van der Waals surface area (Å²) in [4.78, 5) is 4.45. The molecule has 3 N–H and O–H groups in total. The molecule has 3 rings (SSSR count). The lowest BCUT2D eigenvalue weighted by atomic mass is 10.0. The summed E-state index contributed by atoms with van der Waals surface area (Å²) in [6.45, 7) is 3.23. The van der Waals surface area contributed by atoms with E-state index in [1.807, 2.05) is 43.3 Å². The van der Waals surface area contributed by atoms with Gasteiger partial charge in [0.15, 0.2) is 5.96 Å². The largest absolute Gasteiger partial charge is 0.493 e. The molecular weight excluding hydrogens is 437 g/mol. The topological polar surface area (TPSA) is 59.6 Å². The second-order valence-electron chi connectivity index (χ2n) is 5.64. The van der Waals surface area contributed by atoms with Gasteiger partial charge in [0.1, 0.15) is 5.75 Å². The van der Waals surface area contributed by atoms with Gasteiger partial charge in [0.2, 0.25) is 0 Å². The van der Waals surface area contributed by atoms with Crippen LogP contribution in [-0.2, 0) is 6.54 Å². The number of fused-ring (bicyclic) bond motifs is 1. The number of guanidine groups is 1. The lowest BCUT2D eigenvalue weighted by molar-refractivity contribution is 0.262. The Hall–Kier alpha value is -1.47. The second kappa shape index (κ2) is 8.58. The first-order valence-electron chi connectivity index (χ1n) is 7.66. The molecule has 2 aromatic carbocycles. The first kappa shape index (κ1) is 18.9. The van der Waals surface area contributed by atoms with Crippen LogP contribution >= 0.6 is 35.6 Å². The van der Waals surface area contributed by atoms with Gasteiger partial charge in [-0.15, -0.1) is 24.0 Å². The van der Waals surface area contributed by atoms with Gasteiger partial charge in [-0.1, -0.05) is 35.9 Å². The van der Waals surface area contributed by atoms with Crippen LogP contribution in [0.25, 0.3) is 0 Å². The highest BCUT2D eigenvalue weighted by atomic mass is 127. The minimum Gasteiger partial charge on any atom is -0.493 e. The van der Waals surface area contributed by atoms with Gasteiger partial charge in [0.25, 0.3) is 0 Å². The molecule has 128 valence electrons. The number of ether oxygens (including phenoxy) is 1. The number of para-hydroxylation sites is 1. The molecule has 0 aromatic heterocycles. The molecule has 1 atom stereocenters. The average molecular weight is 458 g/mol. The molecule has 0 bridgehead atoms. The molecule has 0 fully saturated rings. The summed E-state index contributed by atoms with van der Waals surface area (Å²) < 4.78 is 5.66. The third kappa shape index (κ3) is 4.54. The number of halogens is 2. The summed E-state index contributed by atoms with van der Waals surface area (Å²) in [5.74, 6) is 1.35. The standard InChI is InChI=1S/C18H20ClN3O.HI/c1-12-6-7-14(19)10-13(12)11-21-18(20)22-16-8-9-23-17-5-3-2-4-15(16)17;/h2-7,10,16H,8-9,11H2,1H3,(H3,20,21,22);1H. The van der Waals surface area contributed by atoms with Gasteiger partial charge in [-0.25, -0.2) is 4.99 Å². The van der Waals surface area contributed by atoms with Crippen molar-refractivity contribution in [3.63, 3.8) is 0 Å². The van der Waals surface area contributed by atoms with E-state index in [0.29, 0.717) is 24.1 Å². The van der Waals surface area contributed by atoms with Crippen LogP contribution in [0.3, 0.4) is 0 Å². The van der Waals surface area contributed by atoms with Crippen molar-refractivity contribution in [2.24, 2.45) is 10.7 Å². The number of nitrogens with one attached hydrogen (secondary N) is 1. The lowest BCUT2D eigenvalue weighted by Crippen LogP contribution is -2.37. The zero-order chi connectivity index (χ0) is 16.2. The Labute approximate surface area is 164 Å². The Morgan fingerprint density at radius 1 is 1.33 bits per heavy atom. The van der Waals surface area contributed by atoms with Gasteiger partial charge < -0.3 is 15.8 Å². The summed E-state index contributed by atoms with van der Waals surface area (Å²) in [5, 5.41) is 4.01. The fourth-order valence-corrected chi connectivity index (χ4v) is 2.89. The van der Waals surface area contributed by atoms with Crippen LogP contribution in [0.1, 0.15) is 29.2 Å². The zero-order valence-electron chi connectivity index (χ0n) is 13.5. The number of hydrogen-bond donors (Lipinski definition) is 2. The van der Waals surface area contributed by atoms with Crippen molar-refractivity contribution in [2.45, 2.75) is 25.9 Å². The molecule has 0 saturated heterocycles. The first-order chi connectivity index (χ1) is 11.1. The van der Waals surface area contributed by atoms with Crippen LogP contribution < -0.4 is 15.8 Å². The fraction of sp³-hybridized carbons (Fsp3) is 0.278. The average Bonchev–Trinajstić information content (AvgIpc) is 2.56. The molecule has 6 heteroatoms. The van der Waals surface area contributed by atoms with Gasteiger partial charge in [0, 0.05) is 17.0 Å². The van der Waals surface area contributed by atoms with Crippen molar-refractivity contribution in [3.8, 4) is 5.75 Å². The van der Waals surface area contributed by atoms with Gasteiger partial charge in [-0.3, -0.25) is 0 Å². The van der Waals surface area contributed by atoms with Crippen LogP contribution in [-0.4, -0.2) is 12.6 Å². The summed E-state index contributed by atoms with van der Waals surface area (Å²) in [5.41, 5.74) is 9.42. The molecule has 0 saturated carbocycles. The Balaban J connectivity index is 0.00000208. The number of hydrogen-bond acceptors (Lipinski definition) is 2. The minimum absolute atomic E-state index is 0. The number of nitrogens with zero attached hydrogens (tertiary/aromatic N) is 1. The Morgan fingerprint density at radius 2 is 2.12 bits per heavy atom. The van der Waals surface area contributed by atoms with Crippen molar-refractivity contribution in [2.75, 3.05) is 6.61 Å². The third-order valence-electron chi connectivity index (χ3n) is 4.01. The number of aryl methyl sites for hydroxylation is 1. The highest BCUT2D eigenvalue weighted by molar-refractivity contribution is 14.0. The Kier molecular flexibility index (Phi) is 6.74. The number of nitrogens with two attached hydrogens (primary N) is 1. The quantitative estimate of drug-likeness (QED) is 0.413. The summed E-state index contributed by atoms with van der Waals surface area (Å²) in [6.07, 6.45) is 0.865. The molecule has 2 aromatic rings. The van der Waals surface area contributed by atoms with E-state index in [-0.39, 0.29) is 30.0 Å². The predicted octanol–water partition coefficient (Wildman–Crippen LogP) is 4.19. The maximum atomic E-state index is 6.06. The molecule has 0 spiro atoms. The minimum atomic E-state index is 0. The van der Waals surface area contributed by atoms with E-state index in [9.17, 15) is 0 Å². The van der Waals surface area contributed by atoms with Gasteiger partial charge in [-0.2, -0.15) is 0 Å². The molecule has 0 aliphatic carbocycles. The van der Waals surface area contributed by atoms with Crippen molar-refractivity contribution < 1.29 is 4.74 Å². The van der Waals surface area contributed by atoms with Crippen LogP contribution in [0, 0.1) is 6.92 Å². The Bertz CT molecular complexity index is 736. The predicted molar refractivity (Wildman–Crippen MR) is 109 cm³/mol. The molecule has 1 unspecified atom stereocenters. The van der Waals surface area contributed by atoms with Crippen molar-refractivity contribution >= 4 is 41.5 Å². The smallest absolute Gasteiger partial charge is 0.189 e. The van der Waals surface area contributed by atoms with E-state index in [1.54, 1.807) is 0 Å². The van der Waals surface area contributed by atoms with Gasteiger partial charge >= 0.3 is 0 Å². The number of rotatable bonds is 3. The van der Waals surface area contributed by atoms with Crippen LogP contribution in [0.4, 0.5) is 0 Å². The van der Waals surface area contributed by atoms with E-state index < -0.39 is 0 Å². The first-order valence-corrected chi connectivity index (χ1v) is 8.04. The fourth-order valence-electron chi connectivity index (χ4n) is 2.70. The highest BCUT2D eigenvalue weighted by Crippen LogP contribution is 2.31. The van der Waals surface area contributed by atoms with Crippen molar-refractivity contribution in [3.05, 3.63) is 64.2 Å². The van der Waals surface area contributed by atoms with Crippen molar-refractivity contribution in [1.29, 1.82) is 0 Å². The summed E-state index contributed by atoms with van der Waals surface area (Å²) >= 11 is 6.03. The molecule has 4 nitrogen and oxygen atoms in total. The molecule has 24 heavy (non-hydrogen) atoms. The van der Waals surface area contributed by atoms with Crippen LogP contribution in [0.5, 0.6) is 5.75 Å². The molecule has 1 heterocycles. The molecule has 0 amide bonds. The normalized spacial score (nSPS) is 16.6. The van der Waals surface area contributed by atoms with E-state index in [4.69, 9.17) is 22.1 Å². The van der Waals surface area contributed by atoms with Gasteiger partial charge in [-0.05, 0) is 36.2 Å². The monoisotopic (exact) mass is 457 g/mol. The van der Waals surface area contributed by atoms with Crippen LogP contribution in [0.15, 0.2) is 47.5 Å². The maximum absolute atomic E-state index is 6.06. The molecule has 0 radical (unpaired) electrons. The molecular formula is C18H21ClIN3O. The highest BCUT2D eigenvalue weighted by Gasteiger charge is 2.21. The number of aliphatic imine (C=N–C) groups is 1. The maximum Gasteiger partial charge on any atom is 0.189 e. The third-order valence-corrected chi connectivity index (χ3v) is 4.25. The zero-order valence-corrected chi connectivity index (χ0v) is 16.5. The summed E-state index contributed by atoms with van der Waals surface area (Å²) in [6, 6.07) is 13.9. The molecule has 1 aliphatic rings. The summed E-state index contributed by atoms with van der Waals surface area (Å²) in [7, 11) is 0.